The fourth-order valence-electron chi connectivity index (χ4n) is 1.92. The summed E-state index contributed by atoms with van der Waals surface area (Å²) in [4.78, 5) is 12.0. The van der Waals surface area contributed by atoms with Gasteiger partial charge in [-0.3, -0.25) is 4.79 Å². The lowest BCUT2D eigenvalue weighted by Crippen LogP contribution is -2.06. The number of rotatable bonds is 6. The summed E-state index contributed by atoms with van der Waals surface area (Å²) in [6.45, 7) is 3.78. The molecule has 0 fully saturated rings. The van der Waals surface area contributed by atoms with Crippen LogP contribution in [0.5, 0.6) is 5.75 Å². The van der Waals surface area contributed by atoms with E-state index in [1.54, 1.807) is 31.2 Å². The highest BCUT2D eigenvalue weighted by molar-refractivity contribution is 7.95. The third-order valence-corrected chi connectivity index (χ3v) is 4.19. The number of carboxylic acid groups (broad SMARTS) is 1. The molecule has 3 nitrogen and oxygen atoms in total. The Labute approximate surface area is 129 Å². The quantitative estimate of drug-likeness (QED) is 0.797. The highest BCUT2D eigenvalue weighted by Crippen LogP contribution is 2.27. The van der Waals surface area contributed by atoms with Gasteiger partial charge in [-0.1, -0.05) is 37.3 Å². The second kappa shape index (κ2) is 7.18. The van der Waals surface area contributed by atoms with Crippen molar-refractivity contribution in [1.82, 2.24) is 0 Å². The molecule has 4 heteroatoms. The first kappa shape index (κ1) is 15.4. The number of carbonyl (C=O) groups is 1. The SMILES string of the molecule is CCc1ccccc1SOc1ccc([C@H](C)C(=O)O)cc1. The smallest absolute Gasteiger partial charge is 0.310 e. The van der Waals surface area contributed by atoms with E-state index in [0.717, 1.165) is 16.9 Å². The maximum Gasteiger partial charge on any atom is 0.310 e. The van der Waals surface area contributed by atoms with E-state index >= 15 is 0 Å². The molecular formula is C17H18O3S. The summed E-state index contributed by atoms with van der Waals surface area (Å²) in [5.41, 5.74) is 2.02. The number of hydrogen-bond donors (Lipinski definition) is 1. The van der Waals surface area contributed by atoms with E-state index < -0.39 is 11.9 Å². The van der Waals surface area contributed by atoms with E-state index in [0.29, 0.717) is 5.75 Å². The van der Waals surface area contributed by atoms with Crippen LogP contribution in [0.3, 0.4) is 0 Å². The molecule has 2 aromatic rings. The van der Waals surface area contributed by atoms with Gasteiger partial charge in [-0.25, -0.2) is 0 Å². The first-order valence-electron chi connectivity index (χ1n) is 6.87. The molecule has 0 spiro atoms. The molecule has 2 aromatic carbocycles. The number of aliphatic carboxylic acids is 1. The van der Waals surface area contributed by atoms with Crippen LogP contribution in [0.25, 0.3) is 0 Å². The Balaban J connectivity index is 2.02. The van der Waals surface area contributed by atoms with Gasteiger partial charge in [0.1, 0.15) is 5.75 Å². The molecule has 21 heavy (non-hydrogen) atoms. The van der Waals surface area contributed by atoms with E-state index in [1.807, 2.05) is 18.2 Å². The zero-order valence-corrected chi connectivity index (χ0v) is 12.9. The minimum Gasteiger partial charge on any atom is -0.481 e. The molecule has 0 radical (unpaired) electrons. The van der Waals surface area contributed by atoms with Crippen LogP contribution >= 0.6 is 12.0 Å². The molecule has 0 aromatic heterocycles. The van der Waals surface area contributed by atoms with Crippen LogP contribution < -0.4 is 4.18 Å². The van der Waals surface area contributed by atoms with E-state index in [-0.39, 0.29) is 0 Å². The molecule has 1 N–H and O–H groups in total. The Hall–Kier alpha value is -1.94. The van der Waals surface area contributed by atoms with E-state index in [1.165, 1.54) is 17.6 Å². The Kier molecular flexibility index (Phi) is 5.28. The highest BCUT2D eigenvalue weighted by atomic mass is 32.2. The van der Waals surface area contributed by atoms with Gasteiger partial charge in [0.15, 0.2) is 0 Å². The average Bonchev–Trinajstić information content (AvgIpc) is 2.52. The highest BCUT2D eigenvalue weighted by Gasteiger charge is 2.13. The molecule has 0 amide bonds. The predicted molar refractivity (Wildman–Crippen MR) is 84.8 cm³/mol. The number of benzene rings is 2. The predicted octanol–water partition coefficient (Wildman–Crippen LogP) is 4.52. The van der Waals surface area contributed by atoms with Gasteiger partial charge in [-0.15, -0.1) is 0 Å². The second-order valence-electron chi connectivity index (χ2n) is 4.76. The molecule has 0 bridgehead atoms. The van der Waals surface area contributed by atoms with E-state index in [2.05, 4.69) is 13.0 Å². The lowest BCUT2D eigenvalue weighted by molar-refractivity contribution is -0.138. The zero-order valence-electron chi connectivity index (χ0n) is 12.1. The molecular weight excluding hydrogens is 284 g/mol. The van der Waals surface area contributed by atoms with Crippen molar-refractivity contribution in [2.75, 3.05) is 0 Å². The van der Waals surface area contributed by atoms with Gasteiger partial charge < -0.3 is 9.29 Å². The maximum atomic E-state index is 10.9. The van der Waals surface area contributed by atoms with Gasteiger partial charge in [-0.2, -0.15) is 0 Å². The van der Waals surface area contributed by atoms with Crippen molar-refractivity contribution < 1.29 is 14.1 Å². The lowest BCUT2D eigenvalue weighted by Gasteiger charge is -2.09. The average molecular weight is 302 g/mol. The molecule has 0 aliphatic rings. The molecule has 0 aliphatic carbocycles. The Morgan fingerprint density at radius 2 is 1.86 bits per heavy atom. The summed E-state index contributed by atoms with van der Waals surface area (Å²) in [6.07, 6.45) is 0.960. The van der Waals surface area contributed by atoms with Crippen LogP contribution in [0.2, 0.25) is 0 Å². The summed E-state index contributed by atoms with van der Waals surface area (Å²) in [7, 11) is 0. The fraction of sp³-hybridized carbons (Fsp3) is 0.235. The molecule has 2 rings (SSSR count). The minimum absolute atomic E-state index is 0.507. The van der Waals surface area contributed by atoms with Gasteiger partial charge >= 0.3 is 5.97 Å². The Morgan fingerprint density at radius 1 is 1.19 bits per heavy atom. The monoisotopic (exact) mass is 302 g/mol. The van der Waals surface area contributed by atoms with Gasteiger partial charge in [0.2, 0.25) is 0 Å². The number of aryl methyl sites for hydroxylation is 1. The van der Waals surface area contributed by atoms with Crippen molar-refractivity contribution in [3.63, 3.8) is 0 Å². The van der Waals surface area contributed by atoms with Gasteiger partial charge in [0, 0.05) is 0 Å². The largest absolute Gasteiger partial charge is 0.481 e. The molecule has 0 unspecified atom stereocenters. The normalized spacial score (nSPS) is 11.9. The maximum absolute atomic E-state index is 10.9. The van der Waals surface area contributed by atoms with Crippen molar-refractivity contribution in [3.8, 4) is 5.75 Å². The van der Waals surface area contributed by atoms with Crippen LogP contribution in [0.1, 0.15) is 30.9 Å². The fourth-order valence-corrected chi connectivity index (χ4v) is 2.68. The van der Waals surface area contributed by atoms with Crippen LogP contribution in [-0.4, -0.2) is 11.1 Å². The molecule has 1 atom stereocenters. The molecule has 0 saturated heterocycles. The zero-order chi connectivity index (χ0) is 15.2. The van der Waals surface area contributed by atoms with Gasteiger partial charge in [-0.05, 0) is 42.7 Å². The van der Waals surface area contributed by atoms with E-state index in [4.69, 9.17) is 9.29 Å². The second-order valence-corrected chi connectivity index (χ2v) is 5.53. The summed E-state index contributed by atoms with van der Waals surface area (Å²) < 4.78 is 5.70. The van der Waals surface area contributed by atoms with Crippen molar-refractivity contribution in [2.24, 2.45) is 0 Å². The summed E-state index contributed by atoms with van der Waals surface area (Å²) >= 11 is 1.33. The summed E-state index contributed by atoms with van der Waals surface area (Å²) in [6, 6.07) is 15.3. The third kappa shape index (κ3) is 4.02. The van der Waals surface area contributed by atoms with Crippen molar-refractivity contribution >= 4 is 18.0 Å². The molecule has 0 heterocycles. The van der Waals surface area contributed by atoms with Crippen LogP contribution in [0.4, 0.5) is 0 Å². The number of hydrogen-bond acceptors (Lipinski definition) is 3. The molecule has 110 valence electrons. The van der Waals surface area contributed by atoms with Crippen molar-refractivity contribution in [1.29, 1.82) is 0 Å². The first-order chi connectivity index (χ1) is 10.1. The summed E-state index contributed by atoms with van der Waals surface area (Å²) in [5.74, 6) is -0.616. The Bertz CT molecular complexity index is 608. The molecule has 0 saturated carbocycles. The van der Waals surface area contributed by atoms with Crippen molar-refractivity contribution in [3.05, 3.63) is 59.7 Å². The minimum atomic E-state index is -0.824. The van der Waals surface area contributed by atoms with E-state index in [9.17, 15) is 4.79 Å². The summed E-state index contributed by atoms with van der Waals surface area (Å²) in [5, 5.41) is 8.98. The van der Waals surface area contributed by atoms with Gasteiger partial charge in [0.05, 0.1) is 22.9 Å². The third-order valence-electron chi connectivity index (χ3n) is 3.33. The Morgan fingerprint density at radius 3 is 2.48 bits per heavy atom. The molecule has 0 aliphatic heterocycles. The van der Waals surface area contributed by atoms with Crippen LogP contribution in [0, 0.1) is 0 Å². The van der Waals surface area contributed by atoms with Crippen LogP contribution in [-0.2, 0) is 11.2 Å². The van der Waals surface area contributed by atoms with Gasteiger partial charge in [0.25, 0.3) is 0 Å². The lowest BCUT2D eigenvalue weighted by atomic mass is 10.0. The van der Waals surface area contributed by atoms with Crippen molar-refractivity contribution in [2.45, 2.75) is 31.1 Å². The number of carboxylic acids is 1. The topological polar surface area (TPSA) is 46.5 Å². The van der Waals surface area contributed by atoms with Crippen LogP contribution in [0.15, 0.2) is 53.4 Å². The standard InChI is InChI=1S/C17H18O3S/c1-3-13-6-4-5-7-16(13)21-20-15-10-8-14(9-11-15)12(2)17(18)19/h4-12H,3H2,1-2H3,(H,18,19)/t12-/m0/s1. The first-order valence-corrected chi connectivity index (χ1v) is 7.61.